The summed E-state index contributed by atoms with van der Waals surface area (Å²) in [7, 11) is 0. The van der Waals surface area contributed by atoms with Crippen LogP contribution >= 0.6 is 11.6 Å². The Morgan fingerprint density at radius 3 is 2.57 bits per heavy atom. The number of amides is 1. The van der Waals surface area contributed by atoms with Crippen LogP contribution in [0.25, 0.3) is 0 Å². The Morgan fingerprint density at radius 1 is 1.35 bits per heavy atom. The predicted molar refractivity (Wildman–Crippen MR) is 86.8 cm³/mol. The fourth-order valence-corrected chi connectivity index (χ4v) is 2.75. The van der Waals surface area contributed by atoms with Crippen LogP contribution in [-0.2, 0) is 9.59 Å². The Morgan fingerprint density at radius 2 is 2.00 bits per heavy atom. The minimum Gasteiger partial charge on any atom is -0.484 e. The molecule has 23 heavy (non-hydrogen) atoms. The van der Waals surface area contributed by atoms with Gasteiger partial charge in [-0.2, -0.15) is 0 Å². The topological polar surface area (TPSA) is 78.9 Å². The number of carbonyl (C=O) groups is 2. The van der Waals surface area contributed by atoms with Crippen LogP contribution in [0, 0.1) is 0 Å². The van der Waals surface area contributed by atoms with Crippen molar-refractivity contribution < 1.29 is 19.4 Å². The number of carboxylic acids is 1. The van der Waals surface area contributed by atoms with Gasteiger partial charge in [-0.1, -0.05) is 18.5 Å². The maximum atomic E-state index is 11.8. The number of carboxylic acid groups (broad SMARTS) is 1. The second kappa shape index (κ2) is 8.17. The smallest absolute Gasteiger partial charge is 0.317 e. The Balaban J connectivity index is 1.67. The van der Waals surface area contributed by atoms with Crippen molar-refractivity contribution >= 4 is 23.5 Å². The summed E-state index contributed by atoms with van der Waals surface area (Å²) in [4.78, 5) is 24.5. The molecule has 0 heterocycles. The minimum atomic E-state index is -0.823. The van der Waals surface area contributed by atoms with E-state index in [1.807, 2.05) is 11.8 Å². The Bertz CT molecular complexity index is 544. The molecule has 0 radical (unpaired) electrons. The van der Waals surface area contributed by atoms with Crippen LogP contribution in [0.1, 0.15) is 19.8 Å². The van der Waals surface area contributed by atoms with E-state index in [4.69, 9.17) is 21.4 Å². The Hall–Kier alpha value is -1.79. The molecule has 7 heteroatoms. The summed E-state index contributed by atoms with van der Waals surface area (Å²) in [5.41, 5.74) is 0. The van der Waals surface area contributed by atoms with E-state index in [1.165, 1.54) is 0 Å². The van der Waals surface area contributed by atoms with Gasteiger partial charge >= 0.3 is 5.97 Å². The second-order valence-corrected chi connectivity index (χ2v) is 6.03. The van der Waals surface area contributed by atoms with E-state index < -0.39 is 5.97 Å². The van der Waals surface area contributed by atoms with Crippen molar-refractivity contribution in [3.05, 3.63) is 29.3 Å². The minimum absolute atomic E-state index is 0.0432. The molecule has 0 spiro atoms. The zero-order valence-electron chi connectivity index (χ0n) is 13.0. The van der Waals surface area contributed by atoms with Crippen LogP contribution in [0.4, 0.5) is 0 Å². The SMILES string of the molecule is CCN(CC(=O)O)C1CC(NC(=O)COc2ccc(Cl)cc2)C1. The standard InChI is InChI=1S/C16H21ClN2O4/c1-2-19(9-16(21)22)13-7-12(8-13)18-15(20)10-23-14-5-3-11(17)4-6-14/h3-6,12-13H,2,7-10H2,1H3,(H,18,20)(H,21,22). The lowest BCUT2D eigenvalue weighted by molar-refractivity contribution is -0.139. The molecule has 0 unspecified atom stereocenters. The van der Waals surface area contributed by atoms with Gasteiger partial charge in [-0.25, -0.2) is 0 Å². The lowest BCUT2D eigenvalue weighted by Gasteiger charge is -2.42. The van der Waals surface area contributed by atoms with Crippen LogP contribution in [0.3, 0.4) is 0 Å². The van der Waals surface area contributed by atoms with E-state index in [2.05, 4.69) is 5.32 Å². The molecular weight excluding hydrogens is 320 g/mol. The van der Waals surface area contributed by atoms with Gasteiger partial charge in [0.15, 0.2) is 6.61 Å². The highest BCUT2D eigenvalue weighted by Gasteiger charge is 2.34. The zero-order chi connectivity index (χ0) is 16.8. The van der Waals surface area contributed by atoms with E-state index >= 15 is 0 Å². The Labute approximate surface area is 140 Å². The molecule has 1 saturated carbocycles. The predicted octanol–water partition coefficient (Wildman–Crippen LogP) is 1.77. The van der Waals surface area contributed by atoms with Gasteiger partial charge in [0.05, 0.1) is 6.54 Å². The van der Waals surface area contributed by atoms with E-state index in [0.717, 1.165) is 12.8 Å². The van der Waals surface area contributed by atoms with Crippen LogP contribution in [-0.4, -0.2) is 53.7 Å². The first-order valence-electron chi connectivity index (χ1n) is 7.61. The van der Waals surface area contributed by atoms with Crippen LogP contribution in [0.2, 0.25) is 5.02 Å². The summed E-state index contributed by atoms with van der Waals surface area (Å²) in [6, 6.07) is 7.13. The zero-order valence-corrected chi connectivity index (χ0v) is 13.8. The fourth-order valence-electron chi connectivity index (χ4n) is 2.63. The summed E-state index contributed by atoms with van der Waals surface area (Å²) < 4.78 is 5.38. The van der Waals surface area contributed by atoms with E-state index in [9.17, 15) is 9.59 Å². The highest BCUT2D eigenvalue weighted by Crippen LogP contribution is 2.25. The van der Waals surface area contributed by atoms with Crippen molar-refractivity contribution in [2.45, 2.75) is 31.8 Å². The summed E-state index contributed by atoms with van der Waals surface area (Å²) in [6.07, 6.45) is 1.54. The van der Waals surface area contributed by atoms with Gasteiger partial charge in [-0.3, -0.25) is 14.5 Å². The van der Waals surface area contributed by atoms with Gasteiger partial charge in [0.25, 0.3) is 5.91 Å². The molecule has 1 aromatic rings. The lowest BCUT2D eigenvalue weighted by atomic mass is 9.85. The number of likely N-dealkylation sites (N-methyl/N-ethyl adjacent to an activating group) is 1. The van der Waals surface area contributed by atoms with Crippen LogP contribution in [0.15, 0.2) is 24.3 Å². The second-order valence-electron chi connectivity index (χ2n) is 5.59. The summed E-state index contributed by atoms with van der Waals surface area (Å²) in [6.45, 7) is 2.63. The Kier molecular flexibility index (Phi) is 6.24. The average molecular weight is 341 g/mol. The first-order valence-corrected chi connectivity index (χ1v) is 7.99. The van der Waals surface area contributed by atoms with Crippen molar-refractivity contribution in [2.24, 2.45) is 0 Å². The summed E-state index contributed by atoms with van der Waals surface area (Å²) >= 11 is 5.78. The highest BCUT2D eigenvalue weighted by molar-refractivity contribution is 6.30. The molecule has 0 aliphatic heterocycles. The van der Waals surface area contributed by atoms with Gasteiger partial charge < -0.3 is 15.2 Å². The number of hydrogen-bond donors (Lipinski definition) is 2. The highest BCUT2D eigenvalue weighted by atomic mass is 35.5. The van der Waals surface area contributed by atoms with Crippen molar-refractivity contribution in [2.75, 3.05) is 19.7 Å². The third-order valence-corrected chi connectivity index (χ3v) is 4.17. The maximum absolute atomic E-state index is 11.8. The molecule has 126 valence electrons. The third kappa shape index (κ3) is 5.41. The molecule has 6 nitrogen and oxygen atoms in total. The number of carbonyl (C=O) groups excluding carboxylic acids is 1. The van der Waals surface area contributed by atoms with Crippen molar-refractivity contribution in [3.63, 3.8) is 0 Å². The van der Waals surface area contributed by atoms with E-state index in [-0.39, 0.29) is 31.1 Å². The number of nitrogens with one attached hydrogen (secondary N) is 1. The summed E-state index contributed by atoms with van der Waals surface area (Å²) in [5.74, 6) is -0.407. The number of halogens is 1. The van der Waals surface area contributed by atoms with Crippen LogP contribution < -0.4 is 10.1 Å². The quantitative estimate of drug-likeness (QED) is 0.754. The van der Waals surface area contributed by atoms with Gasteiger partial charge in [0, 0.05) is 17.1 Å². The summed E-state index contributed by atoms with van der Waals surface area (Å²) in [5, 5.41) is 12.4. The number of ether oxygens (including phenoxy) is 1. The monoisotopic (exact) mass is 340 g/mol. The van der Waals surface area contributed by atoms with Gasteiger partial charge in [-0.05, 0) is 43.7 Å². The average Bonchev–Trinajstić information content (AvgIpc) is 2.47. The molecule has 0 saturated heterocycles. The third-order valence-electron chi connectivity index (χ3n) is 3.92. The van der Waals surface area contributed by atoms with Crippen molar-refractivity contribution in [3.8, 4) is 5.75 Å². The molecule has 1 aromatic carbocycles. The number of rotatable bonds is 8. The van der Waals surface area contributed by atoms with Crippen molar-refractivity contribution in [1.82, 2.24) is 10.2 Å². The van der Waals surface area contributed by atoms with E-state index in [1.54, 1.807) is 24.3 Å². The molecule has 1 aliphatic rings. The van der Waals surface area contributed by atoms with Gasteiger partial charge in [0.2, 0.25) is 0 Å². The lowest BCUT2D eigenvalue weighted by Crippen LogP contribution is -2.55. The van der Waals surface area contributed by atoms with Gasteiger partial charge in [-0.15, -0.1) is 0 Å². The van der Waals surface area contributed by atoms with Crippen LogP contribution in [0.5, 0.6) is 5.75 Å². The molecule has 0 aromatic heterocycles. The number of nitrogens with zero attached hydrogens (tertiary/aromatic N) is 1. The van der Waals surface area contributed by atoms with Gasteiger partial charge in [0.1, 0.15) is 5.75 Å². The maximum Gasteiger partial charge on any atom is 0.317 e. The largest absolute Gasteiger partial charge is 0.484 e. The number of aliphatic carboxylic acids is 1. The normalized spacial score (nSPS) is 20.0. The first kappa shape index (κ1) is 17.6. The molecule has 0 atom stereocenters. The van der Waals surface area contributed by atoms with E-state index in [0.29, 0.717) is 17.3 Å². The number of hydrogen-bond acceptors (Lipinski definition) is 4. The van der Waals surface area contributed by atoms with Crippen molar-refractivity contribution in [1.29, 1.82) is 0 Å². The molecular formula is C16H21ClN2O4. The molecule has 2 N–H and O–H groups in total. The first-order chi connectivity index (χ1) is 11.0. The molecule has 1 fully saturated rings. The molecule has 1 amide bonds. The molecule has 1 aliphatic carbocycles. The fraction of sp³-hybridized carbons (Fsp3) is 0.500. The molecule has 0 bridgehead atoms. The number of benzene rings is 1. The molecule has 2 rings (SSSR count).